The standard InChI is InChI=1S/C16H13IN2OS/c1-2-19(15(20)11-7-3-4-8-12(11)17)16-18-13-9-5-6-10-14(13)21-16/h3-10H,2H2,1H3. The summed E-state index contributed by atoms with van der Waals surface area (Å²) in [5, 5.41) is 0.753. The summed E-state index contributed by atoms with van der Waals surface area (Å²) in [7, 11) is 0. The van der Waals surface area contributed by atoms with E-state index in [1.54, 1.807) is 16.2 Å². The monoisotopic (exact) mass is 408 g/mol. The van der Waals surface area contributed by atoms with Crippen molar-refractivity contribution in [1.29, 1.82) is 0 Å². The Morgan fingerprint density at radius 2 is 1.90 bits per heavy atom. The van der Waals surface area contributed by atoms with Crippen molar-refractivity contribution in [2.75, 3.05) is 11.4 Å². The minimum atomic E-state index is 0.00144. The number of amides is 1. The highest BCUT2D eigenvalue weighted by atomic mass is 127. The van der Waals surface area contributed by atoms with Gasteiger partial charge in [-0.25, -0.2) is 4.98 Å². The van der Waals surface area contributed by atoms with Gasteiger partial charge in [0.05, 0.1) is 15.8 Å². The fraction of sp³-hybridized carbons (Fsp3) is 0.125. The van der Waals surface area contributed by atoms with Gasteiger partial charge in [0.15, 0.2) is 5.13 Å². The average molecular weight is 408 g/mol. The van der Waals surface area contributed by atoms with Crippen LogP contribution >= 0.6 is 33.9 Å². The number of carbonyl (C=O) groups excluding carboxylic acids is 1. The zero-order valence-electron chi connectivity index (χ0n) is 11.4. The highest BCUT2D eigenvalue weighted by molar-refractivity contribution is 14.1. The van der Waals surface area contributed by atoms with Crippen LogP contribution < -0.4 is 4.90 Å². The van der Waals surface area contributed by atoms with Crippen molar-refractivity contribution in [2.45, 2.75) is 6.92 Å². The summed E-state index contributed by atoms with van der Waals surface area (Å²) >= 11 is 3.74. The summed E-state index contributed by atoms with van der Waals surface area (Å²) < 4.78 is 2.06. The molecule has 3 nitrogen and oxygen atoms in total. The van der Waals surface area contributed by atoms with Crippen molar-refractivity contribution in [3.05, 3.63) is 57.7 Å². The topological polar surface area (TPSA) is 33.2 Å². The molecule has 0 atom stereocenters. The van der Waals surface area contributed by atoms with Gasteiger partial charge in [0.25, 0.3) is 5.91 Å². The molecule has 1 amide bonds. The minimum Gasteiger partial charge on any atom is -0.284 e. The van der Waals surface area contributed by atoms with E-state index in [1.165, 1.54) is 0 Å². The molecule has 2 aromatic carbocycles. The lowest BCUT2D eigenvalue weighted by Gasteiger charge is -2.18. The first-order valence-electron chi connectivity index (χ1n) is 6.62. The zero-order chi connectivity index (χ0) is 14.8. The third kappa shape index (κ3) is 2.80. The minimum absolute atomic E-state index is 0.00144. The van der Waals surface area contributed by atoms with Crippen LogP contribution in [-0.4, -0.2) is 17.4 Å². The van der Waals surface area contributed by atoms with Crippen molar-refractivity contribution in [1.82, 2.24) is 4.98 Å². The van der Waals surface area contributed by atoms with Gasteiger partial charge in [-0.15, -0.1) is 0 Å². The average Bonchev–Trinajstić information content (AvgIpc) is 2.91. The summed E-state index contributed by atoms with van der Waals surface area (Å²) in [5.74, 6) is 0.00144. The van der Waals surface area contributed by atoms with Gasteiger partial charge in [-0.05, 0) is 53.8 Å². The molecule has 0 bridgehead atoms. The van der Waals surface area contributed by atoms with Gasteiger partial charge < -0.3 is 0 Å². The lowest BCUT2D eigenvalue weighted by atomic mass is 10.2. The maximum absolute atomic E-state index is 12.8. The summed E-state index contributed by atoms with van der Waals surface area (Å²) in [4.78, 5) is 19.1. The predicted octanol–water partition coefficient (Wildman–Crippen LogP) is 4.57. The molecule has 0 spiro atoms. The van der Waals surface area contributed by atoms with E-state index in [2.05, 4.69) is 27.6 Å². The summed E-state index contributed by atoms with van der Waals surface area (Å²) in [5.41, 5.74) is 1.66. The van der Waals surface area contributed by atoms with E-state index in [0.717, 1.165) is 24.5 Å². The number of hydrogen-bond donors (Lipinski definition) is 0. The number of para-hydroxylation sites is 1. The molecule has 0 fully saturated rings. The molecule has 0 N–H and O–H groups in total. The van der Waals surface area contributed by atoms with E-state index in [9.17, 15) is 4.79 Å². The Kier molecular flexibility index (Phi) is 4.21. The molecule has 3 rings (SSSR count). The van der Waals surface area contributed by atoms with E-state index in [-0.39, 0.29) is 5.91 Å². The van der Waals surface area contributed by atoms with Gasteiger partial charge in [-0.1, -0.05) is 35.6 Å². The first-order chi connectivity index (χ1) is 10.2. The van der Waals surface area contributed by atoms with Crippen LogP contribution in [0.4, 0.5) is 5.13 Å². The fourth-order valence-corrected chi connectivity index (χ4v) is 3.77. The second-order valence-electron chi connectivity index (χ2n) is 4.49. The number of aromatic nitrogens is 1. The molecule has 5 heteroatoms. The van der Waals surface area contributed by atoms with Crippen LogP contribution in [0.2, 0.25) is 0 Å². The number of benzene rings is 2. The van der Waals surface area contributed by atoms with Crippen molar-refractivity contribution in [3.63, 3.8) is 0 Å². The second-order valence-corrected chi connectivity index (χ2v) is 6.66. The van der Waals surface area contributed by atoms with Crippen LogP contribution in [-0.2, 0) is 0 Å². The van der Waals surface area contributed by atoms with Gasteiger partial charge in [0.2, 0.25) is 0 Å². The number of rotatable bonds is 3. The van der Waals surface area contributed by atoms with Gasteiger partial charge in [0.1, 0.15) is 0 Å². The lowest BCUT2D eigenvalue weighted by Crippen LogP contribution is -2.31. The number of anilines is 1. The first kappa shape index (κ1) is 14.5. The number of nitrogens with zero attached hydrogens (tertiary/aromatic N) is 2. The molecule has 1 aromatic heterocycles. The van der Waals surface area contributed by atoms with Crippen LogP contribution in [0.5, 0.6) is 0 Å². The number of fused-ring (bicyclic) bond motifs is 1. The van der Waals surface area contributed by atoms with Gasteiger partial charge in [-0.3, -0.25) is 9.69 Å². The first-order valence-corrected chi connectivity index (χ1v) is 8.52. The Morgan fingerprint density at radius 1 is 1.19 bits per heavy atom. The Bertz CT molecular complexity index is 767. The molecular weight excluding hydrogens is 395 g/mol. The van der Waals surface area contributed by atoms with E-state index in [0.29, 0.717) is 6.54 Å². The van der Waals surface area contributed by atoms with E-state index < -0.39 is 0 Å². The van der Waals surface area contributed by atoms with Crippen molar-refractivity contribution < 1.29 is 4.79 Å². The van der Waals surface area contributed by atoms with Crippen LogP contribution in [0.1, 0.15) is 17.3 Å². The van der Waals surface area contributed by atoms with Crippen LogP contribution in [0.15, 0.2) is 48.5 Å². The van der Waals surface area contributed by atoms with E-state index in [1.807, 2.05) is 55.5 Å². The third-order valence-corrected chi connectivity index (χ3v) is 5.18. The molecule has 0 aliphatic carbocycles. The molecule has 0 aliphatic rings. The molecule has 106 valence electrons. The van der Waals surface area contributed by atoms with Gasteiger partial charge in [0, 0.05) is 10.1 Å². The Labute approximate surface area is 140 Å². The molecule has 0 aliphatic heterocycles. The molecule has 3 aromatic rings. The van der Waals surface area contributed by atoms with Gasteiger partial charge in [-0.2, -0.15) is 0 Å². The SMILES string of the molecule is CCN(C(=O)c1ccccc1I)c1nc2ccccc2s1. The Hall–Kier alpha value is -1.47. The maximum Gasteiger partial charge on any atom is 0.261 e. The Balaban J connectivity index is 2.01. The second kappa shape index (κ2) is 6.11. The van der Waals surface area contributed by atoms with Crippen molar-refractivity contribution in [2.24, 2.45) is 0 Å². The van der Waals surface area contributed by atoms with E-state index in [4.69, 9.17) is 0 Å². The number of hydrogen-bond acceptors (Lipinski definition) is 3. The smallest absolute Gasteiger partial charge is 0.261 e. The molecule has 0 saturated heterocycles. The third-order valence-electron chi connectivity index (χ3n) is 3.18. The molecular formula is C16H13IN2OS. The lowest BCUT2D eigenvalue weighted by molar-refractivity contribution is 0.0987. The van der Waals surface area contributed by atoms with Crippen LogP contribution in [0.25, 0.3) is 10.2 Å². The zero-order valence-corrected chi connectivity index (χ0v) is 14.4. The largest absolute Gasteiger partial charge is 0.284 e. The summed E-state index contributed by atoms with van der Waals surface area (Å²) in [6.07, 6.45) is 0. The van der Waals surface area contributed by atoms with Gasteiger partial charge >= 0.3 is 0 Å². The highest BCUT2D eigenvalue weighted by Gasteiger charge is 2.21. The number of thiazole rings is 1. The maximum atomic E-state index is 12.8. The summed E-state index contributed by atoms with van der Waals surface area (Å²) in [6, 6.07) is 15.6. The van der Waals surface area contributed by atoms with Crippen molar-refractivity contribution >= 4 is 55.2 Å². The Morgan fingerprint density at radius 3 is 2.62 bits per heavy atom. The molecule has 0 unspecified atom stereocenters. The molecule has 21 heavy (non-hydrogen) atoms. The number of carbonyl (C=O) groups is 1. The molecule has 0 saturated carbocycles. The van der Waals surface area contributed by atoms with Crippen LogP contribution in [0, 0.1) is 3.57 Å². The van der Waals surface area contributed by atoms with E-state index >= 15 is 0 Å². The molecule has 1 heterocycles. The normalized spacial score (nSPS) is 10.8. The highest BCUT2D eigenvalue weighted by Crippen LogP contribution is 2.29. The van der Waals surface area contributed by atoms with Crippen LogP contribution in [0.3, 0.4) is 0 Å². The van der Waals surface area contributed by atoms with Crippen molar-refractivity contribution in [3.8, 4) is 0 Å². The number of halogens is 1. The molecule has 0 radical (unpaired) electrons. The summed E-state index contributed by atoms with van der Waals surface area (Å²) in [6.45, 7) is 2.57. The quantitative estimate of drug-likeness (QED) is 0.595. The predicted molar refractivity (Wildman–Crippen MR) is 96.1 cm³/mol. The fourth-order valence-electron chi connectivity index (χ4n) is 2.12.